The molecule has 0 aliphatic heterocycles. The van der Waals surface area contributed by atoms with Crippen molar-refractivity contribution in [3.8, 4) is 0 Å². The number of nitro groups is 2. The molecule has 24 heteroatoms. The summed E-state index contributed by atoms with van der Waals surface area (Å²) in [5.74, 6) is -4.75. The molecule has 0 saturated heterocycles. The largest absolute Gasteiger partial charge is 0.478 e. The first-order valence-corrected chi connectivity index (χ1v) is 13.8. The molecule has 2 aromatic carbocycles. The second kappa shape index (κ2) is 15.7. The van der Waals surface area contributed by atoms with E-state index >= 15 is 0 Å². The molecule has 4 N–H and O–H groups in total. The number of nitrogens with one attached hydrogen (secondary N) is 2. The lowest BCUT2D eigenvalue weighted by Crippen LogP contribution is -2.36. The smallest absolute Gasteiger partial charge is 0.335 e. The Morgan fingerprint density at radius 1 is 0.654 bits per heavy atom. The number of benzene rings is 2. The second-order valence-corrected chi connectivity index (χ2v) is 10.1. The van der Waals surface area contributed by atoms with Gasteiger partial charge in [0.1, 0.15) is 11.0 Å². The summed E-state index contributed by atoms with van der Waals surface area (Å²) in [5, 5.41) is 37.2. The number of aromatic carboxylic acids is 2. The standard InChI is InChI=1S/2C7H4FNO4.2C7H8N4O2/c2*8-5-2-1-4(7(10)11)3-6(5)9(12)13;2*1-10-5-4(8-3-9-5)6(12)11(2)7(10)13/h2*1-3H,(H,10,11);2*3H,1-2H3,(H,8,9). The molecule has 0 aliphatic carbocycles. The number of nitro benzene ring substituents is 2. The van der Waals surface area contributed by atoms with Gasteiger partial charge >= 0.3 is 34.7 Å². The lowest BCUT2D eigenvalue weighted by molar-refractivity contribution is -0.387. The Labute approximate surface area is 284 Å². The van der Waals surface area contributed by atoms with E-state index in [2.05, 4.69) is 19.9 Å². The third-order valence-corrected chi connectivity index (χ3v) is 6.84. The van der Waals surface area contributed by atoms with E-state index in [0.717, 1.165) is 33.4 Å². The summed E-state index contributed by atoms with van der Waals surface area (Å²) >= 11 is 0. The highest BCUT2D eigenvalue weighted by molar-refractivity contribution is 5.88. The Morgan fingerprint density at radius 2 is 0.981 bits per heavy atom. The number of hydrogen-bond acceptors (Lipinski definition) is 12. The third kappa shape index (κ3) is 8.13. The Bertz CT molecular complexity index is 2440. The van der Waals surface area contributed by atoms with Crippen molar-refractivity contribution >= 4 is 45.6 Å². The van der Waals surface area contributed by atoms with E-state index in [1.165, 1.54) is 35.9 Å². The zero-order valence-corrected chi connectivity index (χ0v) is 26.9. The zero-order valence-electron chi connectivity index (χ0n) is 26.9. The number of carboxylic acids is 2. The number of imidazole rings is 2. The van der Waals surface area contributed by atoms with Gasteiger partial charge < -0.3 is 20.2 Å². The molecule has 6 rings (SSSR count). The van der Waals surface area contributed by atoms with Crippen LogP contribution in [0.25, 0.3) is 22.3 Å². The highest BCUT2D eigenvalue weighted by Gasteiger charge is 2.18. The fraction of sp³-hybridized carbons (Fsp3) is 0.143. The Hall–Kier alpha value is -7.66. The van der Waals surface area contributed by atoms with E-state index in [0.29, 0.717) is 34.5 Å². The summed E-state index contributed by atoms with van der Waals surface area (Å²) in [5.41, 5.74) is -2.27. The highest BCUT2D eigenvalue weighted by Crippen LogP contribution is 2.19. The quantitative estimate of drug-likeness (QED) is 0.144. The van der Waals surface area contributed by atoms with E-state index in [9.17, 15) is 57.8 Å². The molecule has 0 spiro atoms. The van der Waals surface area contributed by atoms with Crippen LogP contribution in [-0.4, -0.2) is 70.2 Å². The van der Waals surface area contributed by atoms with E-state index < -0.39 is 44.8 Å². The summed E-state index contributed by atoms with van der Waals surface area (Å²) in [7, 11) is 6.02. The van der Waals surface area contributed by atoms with Gasteiger partial charge in [0.05, 0.1) is 33.6 Å². The molecule has 0 radical (unpaired) electrons. The number of fused-ring (bicyclic) bond motifs is 2. The van der Waals surface area contributed by atoms with Gasteiger partial charge in [-0.1, -0.05) is 0 Å². The van der Waals surface area contributed by atoms with Crippen LogP contribution in [0.15, 0.2) is 68.2 Å². The highest BCUT2D eigenvalue weighted by atomic mass is 19.1. The first-order valence-electron chi connectivity index (χ1n) is 13.8. The molecule has 4 aromatic heterocycles. The molecular formula is C28H24F2N10O12. The van der Waals surface area contributed by atoms with Crippen LogP contribution in [-0.2, 0) is 28.2 Å². The van der Waals surface area contributed by atoms with Crippen LogP contribution < -0.4 is 22.5 Å². The molecule has 0 bridgehead atoms. The number of rotatable bonds is 4. The first-order chi connectivity index (χ1) is 24.3. The average molecular weight is 731 g/mol. The minimum atomic E-state index is -1.33. The van der Waals surface area contributed by atoms with Crippen molar-refractivity contribution in [2.24, 2.45) is 28.2 Å². The van der Waals surface area contributed by atoms with Crippen LogP contribution in [0.3, 0.4) is 0 Å². The molecule has 0 atom stereocenters. The van der Waals surface area contributed by atoms with Crippen molar-refractivity contribution in [2.45, 2.75) is 0 Å². The number of carbonyl (C=O) groups is 2. The number of H-pyrrole nitrogens is 2. The number of nitrogens with zero attached hydrogens (tertiary/aromatic N) is 8. The Morgan fingerprint density at radius 3 is 1.27 bits per heavy atom. The monoisotopic (exact) mass is 730 g/mol. The lowest BCUT2D eigenvalue weighted by Gasteiger charge is -2.00. The van der Waals surface area contributed by atoms with Gasteiger partial charge in [0.15, 0.2) is 11.3 Å². The number of halogens is 2. The fourth-order valence-electron chi connectivity index (χ4n) is 4.11. The van der Waals surface area contributed by atoms with Crippen LogP contribution in [0.2, 0.25) is 0 Å². The SMILES string of the molecule is Cn1c(=O)c2[nH]cnc2n(C)c1=O.Cn1c(=O)c2[nH]cnc2n(C)c1=O.O=C(O)c1ccc(F)c([N+](=O)[O-])c1.O=C(O)c1ccc(F)c([N+](=O)[O-])c1. The van der Waals surface area contributed by atoms with Gasteiger partial charge in [-0.2, -0.15) is 8.78 Å². The number of aromatic nitrogens is 8. The van der Waals surface area contributed by atoms with Gasteiger partial charge in [0, 0.05) is 40.3 Å². The number of aromatic amines is 2. The van der Waals surface area contributed by atoms with Gasteiger partial charge in [-0.05, 0) is 24.3 Å². The van der Waals surface area contributed by atoms with Crippen molar-refractivity contribution in [1.29, 1.82) is 0 Å². The van der Waals surface area contributed by atoms with Crippen LogP contribution in [0, 0.1) is 31.9 Å². The predicted octanol–water partition coefficient (Wildman–Crippen LogP) is 0.785. The third-order valence-electron chi connectivity index (χ3n) is 6.84. The van der Waals surface area contributed by atoms with Crippen molar-refractivity contribution in [3.63, 3.8) is 0 Å². The molecule has 0 unspecified atom stereocenters. The van der Waals surface area contributed by atoms with Crippen LogP contribution in [0.4, 0.5) is 20.2 Å². The molecule has 0 amide bonds. The number of aryl methyl sites for hydroxylation is 2. The fourth-order valence-corrected chi connectivity index (χ4v) is 4.11. The van der Waals surface area contributed by atoms with Crippen molar-refractivity contribution in [3.05, 3.63) is 134 Å². The van der Waals surface area contributed by atoms with E-state index in [1.54, 1.807) is 14.1 Å². The van der Waals surface area contributed by atoms with Crippen molar-refractivity contribution in [2.75, 3.05) is 0 Å². The molecule has 52 heavy (non-hydrogen) atoms. The minimum absolute atomic E-state index is 0.312. The number of carboxylic acid groups (broad SMARTS) is 2. The van der Waals surface area contributed by atoms with Crippen LogP contribution in [0.1, 0.15) is 20.7 Å². The number of hydrogen-bond donors (Lipinski definition) is 4. The molecular weight excluding hydrogens is 706 g/mol. The first kappa shape index (κ1) is 38.8. The molecule has 4 heterocycles. The maximum absolute atomic E-state index is 12.6. The van der Waals surface area contributed by atoms with Gasteiger partial charge in [0.25, 0.3) is 11.1 Å². The zero-order chi connectivity index (χ0) is 39.2. The average Bonchev–Trinajstić information content (AvgIpc) is 3.80. The van der Waals surface area contributed by atoms with E-state index in [4.69, 9.17) is 10.2 Å². The van der Waals surface area contributed by atoms with Crippen molar-refractivity contribution < 1.29 is 38.4 Å². The Balaban J connectivity index is 0.000000187. The molecule has 22 nitrogen and oxygen atoms in total. The summed E-state index contributed by atoms with van der Waals surface area (Å²) in [4.78, 5) is 97.8. The molecule has 6 aromatic rings. The predicted molar refractivity (Wildman–Crippen MR) is 173 cm³/mol. The molecule has 0 saturated carbocycles. The van der Waals surface area contributed by atoms with Crippen LogP contribution in [0.5, 0.6) is 0 Å². The minimum Gasteiger partial charge on any atom is -0.478 e. The summed E-state index contributed by atoms with van der Waals surface area (Å²) in [6.45, 7) is 0. The normalized spacial score (nSPS) is 10.3. The summed E-state index contributed by atoms with van der Waals surface area (Å²) in [6, 6.07) is 4.79. The van der Waals surface area contributed by atoms with Gasteiger partial charge in [-0.25, -0.2) is 29.1 Å². The van der Waals surface area contributed by atoms with Gasteiger partial charge in [-0.3, -0.25) is 48.1 Å². The maximum Gasteiger partial charge on any atom is 0.335 e. The van der Waals surface area contributed by atoms with Gasteiger partial charge in [0.2, 0.25) is 11.6 Å². The van der Waals surface area contributed by atoms with Crippen molar-refractivity contribution in [1.82, 2.24) is 38.2 Å². The van der Waals surface area contributed by atoms with E-state index in [-0.39, 0.29) is 33.6 Å². The topological polar surface area (TPSA) is 306 Å². The maximum atomic E-state index is 12.6. The van der Waals surface area contributed by atoms with Gasteiger partial charge in [-0.15, -0.1) is 0 Å². The molecule has 0 fully saturated rings. The van der Waals surface area contributed by atoms with Crippen LogP contribution >= 0.6 is 0 Å². The molecule has 272 valence electrons. The van der Waals surface area contributed by atoms with E-state index in [1.807, 2.05) is 0 Å². The summed E-state index contributed by atoms with van der Waals surface area (Å²) in [6.07, 6.45) is 2.79. The lowest BCUT2D eigenvalue weighted by atomic mass is 10.2. The second-order valence-electron chi connectivity index (χ2n) is 10.1. The Kier molecular flexibility index (Phi) is 11.7. The molecule has 0 aliphatic rings. The summed E-state index contributed by atoms with van der Waals surface area (Å²) < 4.78 is 30.0.